The van der Waals surface area contributed by atoms with Crippen LogP contribution in [0.4, 0.5) is 5.69 Å². The van der Waals surface area contributed by atoms with Crippen molar-refractivity contribution in [3.63, 3.8) is 0 Å². The van der Waals surface area contributed by atoms with Gasteiger partial charge in [0.05, 0.1) is 11.3 Å². The van der Waals surface area contributed by atoms with Gasteiger partial charge in [0, 0.05) is 30.6 Å². The van der Waals surface area contributed by atoms with Crippen LogP contribution in [0.15, 0.2) is 18.2 Å². The maximum absolute atomic E-state index is 11.7. The molecule has 1 unspecified atom stereocenters. The molecule has 1 amide bonds. The molecule has 0 aliphatic carbocycles. The Hall–Kier alpha value is -1.73. The summed E-state index contributed by atoms with van der Waals surface area (Å²) in [6.07, 6.45) is 3.42. The Morgan fingerprint density at radius 1 is 1.57 bits per heavy atom. The highest BCUT2D eigenvalue weighted by molar-refractivity contribution is 6.30. The minimum Gasteiger partial charge on any atom is -0.368 e. The van der Waals surface area contributed by atoms with E-state index >= 15 is 0 Å². The lowest BCUT2D eigenvalue weighted by atomic mass is 10.0. The molecule has 1 aliphatic rings. The Labute approximate surface area is 130 Å². The fourth-order valence-electron chi connectivity index (χ4n) is 2.71. The number of hydrogen-bond donors (Lipinski definition) is 1. The number of rotatable bonds is 4. The first kappa shape index (κ1) is 15.7. The van der Waals surface area contributed by atoms with E-state index in [0.29, 0.717) is 17.0 Å². The average molecular weight is 306 g/mol. The van der Waals surface area contributed by atoms with Gasteiger partial charge in [-0.3, -0.25) is 4.79 Å². The quantitative estimate of drug-likeness (QED) is 0.930. The van der Waals surface area contributed by atoms with E-state index < -0.39 is 0 Å². The lowest BCUT2D eigenvalue weighted by Gasteiger charge is -2.35. The summed E-state index contributed by atoms with van der Waals surface area (Å²) < 4.78 is 0. The number of nitrogens with one attached hydrogen (secondary N) is 1. The third kappa shape index (κ3) is 4.12. The molecule has 1 atom stereocenters. The van der Waals surface area contributed by atoms with Crippen molar-refractivity contribution in [2.24, 2.45) is 0 Å². The van der Waals surface area contributed by atoms with Crippen molar-refractivity contribution < 1.29 is 4.79 Å². The molecule has 0 bridgehead atoms. The number of hydrogen-bond acceptors (Lipinski definition) is 3. The van der Waals surface area contributed by atoms with Gasteiger partial charge in [0.15, 0.2) is 0 Å². The van der Waals surface area contributed by atoms with Crippen molar-refractivity contribution in [1.82, 2.24) is 5.32 Å². The zero-order valence-corrected chi connectivity index (χ0v) is 13.0. The number of nitrogens with zero attached hydrogens (tertiary/aromatic N) is 2. The van der Waals surface area contributed by atoms with Gasteiger partial charge in [-0.05, 0) is 37.5 Å². The number of piperidine rings is 1. The van der Waals surface area contributed by atoms with Crippen LogP contribution in [0.5, 0.6) is 0 Å². The van der Waals surface area contributed by atoms with Crippen LogP contribution < -0.4 is 10.2 Å². The summed E-state index contributed by atoms with van der Waals surface area (Å²) in [6.45, 7) is 3.64. The first-order valence-electron chi connectivity index (χ1n) is 7.38. The summed E-state index contributed by atoms with van der Waals surface area (Å²) in [6, 6.07) is 7.73. The van der Waals surface area contributed by atoms with Crippen LogP contribution in [-0.2, 0) is 4.79 Å². The van der Waals surface area contributed by atoms with E-state index in [9.17, 15) is 10.1 Å². The molecule has 1 saturated heterocycles. The van der Waals surface area contributed by atoms with E-state index in [0.717, 1.165) is 38.0 Å². The van der Waals surface area contributed by atoms with Crippen LogP contribution >= 0.6 is 11.6 Å². The maximum atomic E-state index is 11.7. The van der Waals surface area contributed by atoms with Crippen LogP contribution in [0.1, 0.15) is 38.2 Å². The van der Waals surface area contributed by atoms with Gasteiger partial charge in [0.1, 0.15) is 6.07 Å². The molecular formula is C16H20ClN3O. The molecule has 2 rings (SSSR count). The van der Waals surface area contributed by atoms with Gasteiger partial charge in [0.25, 0.3) is 0 Å². The Kier molecular flexibility index (Phi) is 5.46. The standard InChI is InChI=1S/C16H20ClN3O/c1-2-4-16(21)19-14-5-3-8-20(11-14)15-7-6-13(17)9-12(15)10-18/h6-7,9,14H,2-5,8,11H2,1H3,(H,19,21). The van der Waals surface area contributed by atoms with Crippen molar-refractivity contribution in [1.29, 1.82) is 5.26 Å². The second-order valence-electron chi connectivity index (χ2n) is 5.38. The minimum absolute atomic E-state index is 0.112. The van der Waals surface area contributed by atoms with Crippen molar-refractivity contribution in [2.75, 3.05) is 18.0 Å². The Morgan fingerprint density at radius 2 is 2.38 bits per heavy atom. The summed E-state index contributed by atoms with van der Waals surface area (Å²) in [7, 11) is 0. The van der Waals surface area contributed by atoms with Gasteiger partial charge in [-0.2, -0.15) is 5.26 Å². The van der Waals surface area contributed by atoms with Crippen LogP contribution in [0.3, 0.4) is 0 Å². The minimum atomic E-state index is 0.112. The SMILES string of the molecule is CCCC(=O)NC1CCCN(c2ccc(Cl)cc2C#N)C1. The first-order chi connectivity index (χ1) is 10.1. The molecular weight excluding hydrogens is 286 g/mol. The number of benzene rings is 1. The van der Waals surface area contributed by atoms with Crippen molar-refractivity contribution >= 4 is 23.2 Å². The highest BCUT2D eigenvalue weighted by Gasteiger charge is 2.23. The zero-order valence-electron chi connectivity index (χ0n) is 12.2. The Morgan fingerprint density at radius 3 is 3.10 bits per heavy atom. The molecule has 1 fully saturated rings. The Balaban J connectivity index is 2.07. The van der Waals surface area contributed by atoms with Gasteiger partial charge >= 0.3 is 0 Å². The molecule has 1 aromatic rings. The maximum Gasteiger partial charge on any atom is 0.220 e. The lowest BCUT2D eigenvalue weighted by Crippen LogP contribution is -2.48. The van der Waals surface area contributed by atoms with Gasteiger partial charge in [0.2, 0.25) is 5.91 Å². The van der Waals surface area contributed by atoms with Gasteiger partial charge < -0.3 is 10.2 Å². The number of amides is 1. The lowest BCUT2D eigenvalue weighted by molar-refractivity contribution is -0.121. The number of carbonyl (C=O) groups is 1. The molecule has 0 saturated carbocycles. The van der Waals surface area contributed by atoms with E-state index in [2.05, 4.69) is 16.3 Å². The largest absolute Gasteiger partial charge is 0.368 e. The molecule has 1 aliphatic heterocycles. The van der Waals surface area contributed by atoms with Gasteiger partial charge in [-0.15, -0.1) is 0 Å². The monoisotopic (exact) mass is 305 g/mol. The highest BCUT2D eigenvalue weighted by Crippen LogP contribution is 2.26. The topological polar surface area (TPSA) is 56.1 Å². The van der Waals surface area contributed by atoms with E-state index in [1.807, 2.05) is 13.0 Å². The van der Waals surface area contributed by atoms with Gasteiger partial charge in [-0.1, -0.05) is 18.5 Å². The molecule has 1 heterocycles. The third-order valence-electron chi connectivity index (χ3n) is 3.68. The third-order valence-corrected chi connectivity index (χ3v) is 3.92. The van der Waals surface area contributed by atoms with Crippen LogP contribution in [-0.4, -0.2) is 25.0 Å². The molecule has 0 aromatic heterocycles. The van der Waals surface area contributed by atoms with Crippen LogP contribution in [0.2, 0.25) is 5.02 Å². The van der Waals surface area contributed by atoms with Crippen molar-refractivity contribution in [3.05, 3.63) is 28.8 Å². The molecule has 0 radical (unpaired) electrons. The predicted octanol–water partition coefficient (Wildman–Crippen LogP) is 3.10. The van der Waals surface area contributed by atoms with Crippen LogP contribution in [0.25, 0.3) is 0 Å². The van der Waals surface area contributed by atoms with Crippen LogP contribution in [0, 0.1) is 11.3 Å². The average Bonchev–Trinajstić information content (AvgIpc) is 2.47. The fourth-order valence-corrected chi connectivity index (χ4v) is 2.89. The first-order valence-corrected chi connectivity index (χ1v) is 7.75. The van der Waals surface area contributed by atoms with E-state index in [-0.39, 0.29) is 11.9 Å². The van der Waals surface area contributed by atoms with Gasteiger partial charge in [-0.25, -0.2) is 0 Å². The zero-order chi connectivity index (χ0) is 15.2. The van der Waals surface area contributed by atoms with Crippen molar-refractivity contribution in [2.45, 2.75) is 38.6 Å². The van der Waals surface area contributed by atoms with Crippen molar-refractivity contribution in [3.8, 4) is 6.07 Å². The second kappa shape index (κ2) is 7.33. The molecule has 4 nitrogen and oxygen atoms in total. The molecule has 112 valence electrons. The summed E-state index contributed by atoms with van der Waals surface area (Å²) in [5.74, 6) is 0.112. The predicted molar refractivity (Wildman–Crippen MR) is 84.5 cm³/mol. The number of anilines is 1. The summed E-state index contributed by atoms with van der Waals surface area (Å²) in [5.41, 5.74) is 1.49. The molecule has 5 heteroatoms. The number of halogens is 1. The molecule has 21 heavy (non-hydrogen) atoms. The Bertz CT molecular complexity index is 553. The molecule has 0 spiro atoms. The normalized spacial score (nSPS) is 18.1. The number of carbonyl (C=O) groups excluding carboxylic acids is 1. The highest BCUT2D eigenvalue weighted by atomic mass is 35.5. The smallest absolute Gasteiger partial charge is 0.220 e. The van der Waals surface area contributed by atoms with E-state index in [1.54, 1.807) is 12.1 Å². The van der Waals surface area contributed by atoms with E-state index in [1.165, 1.54) is 0 Å². The molecule has 1 aromatic carbocycles. The second-order valence-corrected chi connectivity index (χ2v) is 5.81. The van der Waals surface area contributed by atoms with E-state index in [4.69, 9.17) is 11.6 Å². The summed E-state index contributed by atoms with van der Waals surface area (Å²) >= 11 is 5.94. The summed E-state index contributed by atoms with van der Waals surface area (Å²) in [4.78, 5) is 13.9. The number of nitriles is 1. The summed E-state index contributed by atoms with van der Waals surface area (Å²) in [5, 5.41) is 12.9. The fraction of sp³-hybridized carbons (Fsp3) is 0.500. The molecule has 1 N–H and O–H groups in total.